The van der Waals surface area contributed by atoms with Crippen molar-refractivity contribution in [3.63, 3.8) is 0 Å². The van der Waals surface area contributed by atoms with Crippen LogP contribution in [0.1, 0.15) is 57.7 Å². The van der Waals surface area contributed by atoms with Gasteiger partial charge in [0.15, 0.2) is 0 Å². The van der Waals surface area contributed by atoms with Crippen LogP contribution in [0.5, 0.6) is 0 Å². The van der Waals surface area contributed by atoms with Gasteiger partial charge in [-0.1, -0.05) is 13.0 Å². The van der Waals surface area contributed by atoms with E-state index in [9.17, 15) is 14.4 Å². The van der Waals surface area contributed by atoms with E-state index in [1.807, 2.05) is 39.0 Å². The van der Waals surface area contributed by atoms with E-state index >= 15 is 0 Å². The number of rotatable bonds is 7. The highest BCUT2D eigenvalue weighted by Gasteiger charge is 2.31. The number of hydrogen-bond acceptors (Lipinski definition) is 6. The van der Waals surface area contributed by atoms with Crippen LogP contribution < -0.4 is 21.2 Å². The first-order chi connectivity index (χ1) is 15.2. The molecule has 0 spiro atoms. The van der Waals surface area contributed by atoms with E-state index in [4.69, 9.17) is 0 Å². The molecule has 0 saturated carbocycles. The Bertz CT molecular complexity index is 1130. The van der Waals surface area contributed by atoms with Crippen molar-refractivity contribution in [2.45, 2.75) is 41.0 Å². The Labute approximate surface area is 191 Å². The Morgan fingerprint density at radius 3 is 2.34 bits per heavy atom. The molecule has 9 heteroatoms. The third-order valence-electron chi connectivity index (χ3n) is 5.08. The molecular formula is C23H27N5O3S. The van der Waals surface area contributed by atoms with Gasteiger partial charge in [-0.25, -0.2) is 0 Å². The first-order valence-electron chi connectivity index (χ1n) is 10.4. The molecule has 3 N–H and O–H groups in total. The zero-order valence-corrected chi connectivity index (χ0v) is 19.6. The van der Waals surface area contributed by atoms with E-state index in [0.717, 1.165) is 28.9 Å². The molecule has 2 heterocycles. The molecule has 8 nitrogen and oxygen atoms in total. The van der Waals surface area contributed by atoms with Gasteiger partial charge >= 0.3 is 0 Å². The SMILES string of the molecule is CCCNC(=O)c1ccc(C(=O)NNC(C)=C2C(=O)N(c3ccc(C)c(C)c3)N=C2C)s1. The van der Waals surface area contributed by atoms with Crippen molar-refractivity contribution in [1.29, 1.82) is 0 Å². The highest BCUT2D eigenvalue weighted by molar-refractivity contribution is 7.15. The molecule has 2 aromatic rings. The van der Waals surface area contributed by atoms with E-state index in [1.165, 1.54) is 5.01 Å². The normalized spacial score (nSPS) is 14.8. The summed E-state index contributed by atoms with van der Waals surface area (Å²) in [6.07, 6.45) is 0.838. The van der Waals surface area contributed by atoms with Crippen molar-refractivity contribution in [1.82, 2.24) is 16.2 Å². The number of anilines is 1. The summed E-state index contributed by atoms with van der Waals surface area (Å²) in [5.74, 6) is -0.858. The molecule has 3 amide bonds. The van der Waals surface area contributed by atoms with Gasteiger partial charge in [0.1, 0.15) is 0 Å². The molecular weight excluding hydrogens is 426 g/mol. The lowest BCUT2D eigenvalue weighted by molar-refractivity contribution is -0.114. The minimum atomic E-state index is -0.393. The largest absolute Gasteiger partial charge is 0.351 e. The first kappa shape index (κ1) is 23.2. The van der Waals surface area contributed by atoms with Gasteiger partial charge in [0.2, 0.25) is 0 Å². The number of hydrazine groups is 1. The van der Waals surface area contributed by atoms with Crippen molar-refractivity contribution in [2.24, 2.45) is 5.10 Å². The number of nitrogens with one attached hydrogen (secondary N) is 3. The number of aryl methyl sites for hydroxylation is 2. The first-order valence-corrected chi connectivity index (χ1v) is 11.2. The Balaban J connectivity index is 1.68. The van der Waals surface area contributed by atoms with Crippen molar-refractivity contribution in [2.75, 3.05) is 11.6 Å². The minimum absolute atomic E-state index is 0.197. The smallest absolute Gasteiger partial charge is 0.282 e. The molecule has 0 fully saturated rings. The second-order valence-corrected chi connectivity index (χ2v) is 8.65. The summed E-state index contributed by atoms with van der Waals surface area (Å²) in [5.41, 5.74) is 9.73. The Kier molecular flexibility index (Phi) is 7.09. The highest BCUT2D eigenvalue weighted by atomic mass is 32.1. The summed E-state index contributed by atoms with van der Waals surface area (Å²) in [5, 5.41) is 8.54. The van der Waals surface area contributed by atoms with E-state index in [2.05, 4.69) is 21.3 Å². The predicted octanol–water partition coefficient (Wildman–Crippen LogP) is 3.44. The molecule has 1 aliphatic rings. The van der Waals surface area contributed by atoms with Crippen LogP contribution in [0.15, 0.2) is 46.7 Å². The summed E-state index contributed by atoms with van der Waals surface area (Å²) >= 11 is 1.11. The molecule has 0 bridgehead atoms. The molecule has 1 aliphatic heterocycles. The second kappa shape index (κ2) is 9.78. The van der Waals surface area contributed by atoms with Gasteiger partial charge in [0.25, 0.3) is 17.7 Å². The molecule has 32 heavy (non-hydrogen) atoms. The molecule has 1 aromatic carbocycles. The predicted molar refractivity (Wildman–Crippen MR) is 127 cm³/mol. The Hall–Kier alpha value is -3.46. The summed E-state index contributed by atoms with van der Waals surface area (Å²) in [4.78, 5) is 38.4. The molecule has 0 atom stereocenters. The maximum Gasteiger partial charge on any atom is 0.282 e. The number of thiophene rings is 1. The van der Waals surface area contributed by atoms with Crippen LogP contribution in [-0.4, -0.2) is 30.0 Å². The third-order valence-corrected chi connectivity index (χ3v) is 6.16. The number of nitrogens with zero attached hydrogens (tertiary/aromatic N) is 2. The van der Waals surface area contributed by atoms with E-state index in [0.29, 0.717) is 39.0 Å². The maximum atomic E-state index is 13.0. The average Bonchev–Trinajstić information content (AvgIpc) is 3.37. The summed E-state index contributed by atoms with van der Waals surface area (Å²) < 4.78 is 0. The van der Waals surface area contributed by atoms with Gasteiger partial charge in [0, 0.05) is 12.2 Å². The number of hydrazone groups is 1. The second-order valence-electron chi connectivity index (χ2n) is 7.57. The Morgan fingerprint density at radius 2 is 1.69 bits per heavy atom. The number of benzene rings is 1. The summed E-state index contributed by atoms with van der Waals surface area (Å²) in [6, 6.07) is 8.94. The molecule has 0 saturated heterocycles. The summed E-state index contributed by atoms with van der Waals surface area (Å²) in [7, 11) is 0. The van der Waals surface area contributed by atoms with Gasteiger partial charge < -0.3 is 10.7 Å². The fourth-order valence-electron chi connectivity index (χ4n) is 3.15. The number of allylic oxidation sites excluding steroid dienone is 1. The number of amides is 3. The fourth-order valence-corrected chi connectivity index (χ4v) is 3.97. The van der Waals surface area contributed by atoms with E-state index in [-0.39, 0.29) is 11.8 Å². The number of hydrogen-bond donors (Lipinski definition) is 3. The molecule has 168 valence electrons. The lowest BCUT2D eigenvalue weighted by Crippen LogP contribution is -2.37. The van der Waals surface area contributed by atoms with E-state index in [1.54, 1.807) is 26.0 Å². The quantitative estimate of drug-likeness (QED) is 0.441. The molecule has 0 unspecified atom stereocenters. The van der Waals surface area contributed by atoms with E-state index < -0.39 is 5.91 Å². The van der Waals surface area contributed by atoms with Gasteiger partial charge in [-0.05, 0) is 69.5 Å². The lowest BCUT2D eigenvalue weighted by Gasteiger charge is -2.14. The molecule has 3 rings (SSSR count). The number of carbonyl (C=O) groups excluding carboxylic acids is 3. The monoisotopic (exact) mass is 453 g/mol. The molecule has 0 radical (unpaired) electrons. The minimum Gasteiger partial charge on any atom is -0.351 e. The van der Waals surface area contributed by atoms with Crippen molar-refractivity contribution in [3.05, 3.63) is 62.5 Å². The number of carbonyl (C=O) groups is 3. The van der Waals surface area contributed by atoms with Crippen LogP contribution in [0.25, 0.3) is 0 Å². The van der Waals surface area contributed by atoms with Crippen LogP contribution in [0.2, 0.25) is 0 Å². The van der Waals surface area contributed by atoms with Crippen LogP contribution in [0, 0.1) is 13.8 Å². The maximum absolute atomic E-state index is 13.0. The average molecular weight is 454 g/mol. The van der Waals surface area contributed by atoms with Crippen LogP contribution in [0.4, 0.5) is 5.69 Å². The highest BCUT2D eigenvalue weighted by Crippen LogP contribution is 2.26. The van der Waals surface area contributed by atoms with Gasteiger partial charge in [-0.15, -0.1) is 11.3 Å². The standard InChI is InChI=1S/C23H27N5O3S/c1-6-11-24-21(29)18-9-10-19(32-18)22(30)26-25-15(4)20-16(5)27-28(23(20)31)17-8-7-13(2)14(3)12-17/h7-10,12,25H,6,11H2,1-5H3,(H,24,29)(H,26,30). The van der Waals surface area contributed by atoms with Gasteiger partial charge in [-0.3, -0.25) is 19.8 Å². The van der Waals surface area contributed by atoms with Crippen LogP contribution in [-0.2, 0) is 4.79 Å². The fraction of sp³-hybridized carbons (Fsp3) is 0.304. The topological polar surface area (TPSA) is 103 Å². The zero-order valence-electron chi connectivity index (χ0n) is 18.8. The van der Waals surface area contributed by atoms with Crippen LogP contribution in [0.3, 0.4) is 0 Å². The van der Waals surface area contributed by atoms with Gasteiger partial charge in [-0.2, -0.15) is 10.1 Å². The summed E-state index contributed by atoms with van der Waals surface area (Å²) in [6.45, 7) is 10.0. The van der Waals surface area contributed by atoms with Crippen LogP contribution >= 0.6 is 11.3 Å². The van der Waals surface area contributed by atoms with Crippen molar-refractivity contribution < 1.29 is 14.4 Å². The third kappa shape index (κ3) is 4.88. The molecule has 0 aliphatic carbocycles. The Morgan fingerprint density at radius 1 is 1.00 bits per heavy atom. The van der Waals surface area contributed by atoms with Crippen molar-refractivity contribution in [3.8, 4) is 0 Å². The zero-order chi connectivity index (χ0) is 23.4. The molecule has 1 aromatic heterocycles. The van der Waals surface area contributed by atoms with Gasteiger partial charge in [0.05, 0.1) is 26.7 Å². The van der Waals surface area contributed by atoms with Crippen molar-refractivity contribution >= 4 is 40.5 Å². The lowest BCUT2D eigenvalue weighted by atomic mass is 10.1.